The lowest BCUT2D eigenvalue weighted by Crippen LogP contribution is -2.34. The van der Waals surface area contributed by atoms with Gasteiger partial charge in [0.2, 0.25) is 5.91 Å². The summed E-state index contributed by atoms with van der Waals surface area (Å²) in [7, 11) is 2.21. The highest BCUT2D eigenvalue weighted by molar-refractivity contribution is 5.85. The second-order valence-corrected chi connectivity index (χ2v) is 7.81. The van der Waals surface area contributed by atoms with Crippen LogP contribution in [0.15, 0.2) is 48.5 Å². The summed E-state index contributed by atoms with van der Waals surface area (Å²) in [5, 5.41) is 9.40. The number of rotatable bonds is 3. The lowest BCUT2D eigenvalue weighted by molar-refractivity contribution is -0.129. The van der Waals surface area contributed by atoms with E-state index in [2.05, 4.69) is 43.1 Å². The third kappa shape index (κ3) is 3.83. The van der Waals surface area contributed by atoms with E-state index in [-0.39, 0.29) is 24.1 Å². The highest BCUT2D eigenvalue weighted by Crippen LogP contribution is 2.44. The zero-order valence-corrected chi connectivity index (χ0v) is 16.7. The first-order chi connectivity index (χ1) is 12.5. The number of phenols is 1. The molecule has 0 spiro atoms. The number of hydrogen-bond donors (Lipinski definition) is 1. The molecule has 0 aliphatic carbocycles. The number of amides is 1. The summed E-state index contributed by atoms with van der Waals surface area (Å²) >= 11 is 0. The van der Waals surface area contributed by atoms with E-state index in [0.29, 0.717) is 24.3 Å². The highest BCUT2D eigenvalue weighted by atomic mass is 35.5. The molecule has 2 heterocycles. The quantitative estimate of drug-likeness (QED) is 0.878. The summed E-state index contributed by atoms with van der Waals surface area (Å²) in [6, 6.07) is 16.0. The summed E-state index contributed by atoms with van der Waals surface area (Å²) < 4.78 is 0. The van der Waals surface area contributed by atoms with E-state index in [4.69, 9.17) is 0 Å². The smallest absolute Gasteiger partial charge is 0.227 e. The van der Waals surface area contributed by atoms with Crippen molar-refractivity contribution in [3.05, 3.63) is 65.2 Å². The van der Waals surface area contributed by atoms with E-state index < -0.39 is 0 Å². The Bertz CT molecular complexity index is 808. The Morgan fingerprint density at radius 3 is 2.48 bits per heavy atom. The van der Waals surface area contributed by atoms with Crippen molar-refractivity contribution in [1.82, 2.24) is 9.80 Å². The van der Waals surface area contributed by atoms with Gasteiger partial charge in [-0.3, -0.25) is 9.69 Å². The maximum absolute atomic E-state index is 12.8. The molecule has 2 aromatic rings. The lowest BCUT2D eigenvalue weighted by atomic mass is 9.88. The topological polar surface area (TPSA) is 43.8 Å². The number of aryl methyl sites for hydroxylation is 1. The van der Waals surface area contributed by atoms with Crippen LogP contribution in [0.5, 0.6) is 5.75 Å². The minimum Gasteiger partial charge on any atom is -0.508 e. The van der Waals surface area contributed by atoms with E-state index in [0.717, 1.165) is 25.2 Å². The highest BCUT2D eigenvalue weighted by Gasteiger charge is 2.47. The van der Waals surface area contributed by atoms with Crippen molar-refractivity contribution in [1.29, 1.82) is 0 Å². The molecular formula is C22H27ClN2O2. The molecule has 2 aromatic carbocycles. The van der Waals surface area contributed by atoms with Crippen LogP contribution in [0, 0.1) is 18.8 Å². The Hall–Kier alpha value is -2.04. The van der Waals surface area contributed by atoms with Gasteiger partial charge in [0.15, 0.2) is 0 Å². The number of phenolic OH excluding ortho intramolecular Hbond substituents is 1. The number of hydrogen-bond acceptors (Lipinski definition) is 3. The summed E-state index contributed by atoms with van der Waals surface area (Å²) in [6.07, 6.45) is 0.407. The van der Waals surface area contributed by atoms with E-state index >= 15 is 0 Å². The van der Waals surface area contributed by atoms with Crippen molar-refractivity contribution >= 4 is 18.3 Å². The van der Waals surface area contributed by atoms with E-state index in [1.165, 1.54) is 11.1 Å². The Morgan fingerprint density at radius 1 is 1.07 bits per heavy atom. The number of benzene rings is 2. The molecule has 4 rings (SSSR count). The predicted molar refractivity (Wildman–Crippen MR) is 109 cm³/mol. The van der Waals surface area contributed by atoms with Crippen LogP contribution in [0.1, 0.15) is 22.7 Å². The van der Waals surface area contributed by atoms with Gasteiger partial charge >= 0.3 is 0 Å². The minimum atomic E-state index is 0. The maximum atomic E-state index is 12.8. The van der Waals surface area contributed by atoms with Crippen LogP contribution in [0.4, 0.5) is 0 Å². The number of carbonyl (C=O) groups excluding carboxylic acids is 1. The molecule has 4 nitrogen and oxygen atoms in total. The molecule has 0 radical (unpaired) electrons. The van der Waals surface area contributed by atoms with Crippen molar-refractivity contribution in [3.8, 4) is 5.75 Å². The van der Waals surface area contributed by atoms with Gasteiger partial charge < -0.3 is 10.0 Å². The number of fused-ring (bicyclic) bond motifs is 1. The molecule has 0 bridgehead atoms. The summed E-state index contributed by atoms with van der Waals surface area (Å²) in [5.74, 6) is 1.48. The average Bonchev–Trinajstić information content (AvgIpc) is 3.15. The molecule has 1 amide bonds. The molecule has 0 aromatic heterocycles. The SMILES string of the molecule is Cc1ccccc1[C@H]1[C@@H]2CN(C(=O)Cc3ccc(O)cc3)C[C@@H]2CN1C.Cl. The molecular weight excluding hydrogens is 360 g/mol. The summed E-state index contributed by atoms with van der Waals surface area (Å²) in [5.41, 5.74) is 3.69. The Morgan fingerprint density at radius 2 is 1.78 bits per heavy atom. The van der Waals surface area contributed by atoms with Crippen molar-refractivity contribution in [3.63, 3.8) is 0 Å². The molecule has 2 aliphatic rings. The van der Waals surface area contributed by atoms with Crippen LogP contribution in [-0.4, -0.2) is 47.5 Å². The number of likely N-dealkylation sites (tertiary alicyclic amines) is 2. The van der Waals surface area contributed by atoms with Crippen LogP contribution in [0.25, 0.3) is 0 Å². The zero-order valence-electron chi connectivity index (χ0n) is 15.8. The van der Waals surface area contributed by atoms with Gasteiger partial charge in [-0.05, 0) is 48.7 Å². The van der Waals surface area contributed by atoms with Crippen molar-refractivity contribution in [2.45, 2.75) is 19.4 Å². The van der Waals surface area contributed by atoms with Crippen molar-refractivity contribution in [2.24, 2.45) is 11.8 Å². The monoisotopic (exact) mass is 386 g/mol. The van der Waals surface area contributed by atoms with Crippen LogP contribution in [0.3, 0.4) is 0 Å². The van der Waals surface area contributed by atoms with Crippen molar-refractivity contribution in [2.75, 3.05) is 26.7 Å². The number of aromatic hydroxyl groups is 1. The van der Waals surface area contributed by atoms with Gasteiger partial charge in [-0.15, -0.1) is 12.4 Å². The molecule has 0 saturated carbocycles. The van der Waals surface area contributed by atoms with Gasteiger partial charge in [-0.1, -0.05) is 36.4 Å². The Balaban J connectivity index is 0.00000210. The second-order valence-electron chi connectivity index (χ2n) is 7.81. The van der Waals surface area contributed by atoms with Crippen LogP contribution in [-0.2, 0) is 11.2 Å². The fourth-order valence-electron chi connectivity index (χ4n) is 4.75. The molecule has 2 fully saturated rings. The zero-order chi connectivity index (χ0) is 18.3. The Labute approximate surface area is 167 Å². The van der Waals surface area contributed by atoms with Crippen LogP contribution in [0.2, 0.25) is 0 Å². The fraction of sp³-hybridized carbons (Fsp3) is 0.409. The summed E-state index contributed by atoms with van der Waals surface area (Å²) in [4.78, 5) is 17.3. The maximum Gasteiger partial charge on any atom is 0.227 e. The molecule has 5 heteroatoms. The van der Waals surface area contributed by atoms with Gasteiger partial charge in [-0.25, -0.2) is 0 Å². The first-order valence-electron chi connectivity index (χ1n) is 9.34. The number of carbonyl (C=O) groups is 1. The first kappa shape index (κ1) is 19.7. The second kappa shape index (κ2) is 7.91. The lowest BCUT2D eigenvalue weighted by Gasteiger charge is -2.28. The molecule has 3 atom stereocenters. The van der Waals surface area contributed by atoms with Gasteiger partial charge in [-0.2, -0.15) is 0 Å². The predicted octanol–water partition coefficient (Wildman–Crippen LogP) is 3.43. The molecule has 2 aliphatic heterocycles. The van der Waals surface area contributed by atoms with Gasteiger partial charge in [0.1, 0.15) is 5.75 Å². The van der Waals surface area contributed by atoms with Gasteiger partial charge in [0.05, 0.1) is 6.42 Å². The van der Waals surface area contributed by atoms with E-state index in [1.807, 2.05) is 17.0 Å². The molecule has 1 N–H and O–H groups in total. The molecule has 144 valence electrons. The average molecular weight is 387 g/mol. The molecule has 27 heavy (non-hydrogen) atoms. The molecule has 2 saturated heterocycles. The standard InChI is InChI=1S/C22H26N2O2.ClH/c1-15-5-3-4-6-19(15)22-20-14-24(13-17(20)12-23(22)2)21(26)11-16-7-9-18(25)10-8-16;/h3-10,17,20,22,25H,11-14H2,1-2H3;1H/t17-,20+,22-;/m0./s1. The largest absolute Gasteiger partial charge is 0.508 e. The van der Waals surface area contributed by atoms with E-state index in [9.17, 15) is 9.90 Å². The first-order valence-corrected chi connectivity index (χ1v) is 9.34. The minimum absolute atomic E-state index is 0. The van der Waals surface area contributed by atoms with Crippen LogP contribution >= 0.6 is 12.4 Å². The molecule has 0 unspecified atom stereocenters. The number of halogens is 1. The fourth-order valence-corrected chi connectivity index (χ4v) is 4.75. The number of nitrogens with zero attached hydrogens (tertiary/aromatic N) is 2. The van der Waals surface area contributed by atoms with Crippen molar-refractivity contribution < 1.29 is 9.90 Å². The third-order valence-electron chi connectivity index (χ3n) is 6.05. The van der Waals surface area contributed by atoms with Gasteiger partial charge in [0, 0.05) is 31.6 Å². The third-order valence-corrected chi connectivity index (χ3v) is 6.05. The van der Waals surface area contributed by atoms with E-state index in [1.54, 1.807) is 12.1 Å². The van der Waals surface area contributed by atoms with Gasteiger partial charge in [0.25, 0.3) is 0 Å². The summed E-state index contributed by atoms with van der Waals surface area (Å²) in [6.45, 7) is 4.92. The van der Waals surface area contributed by atoms with Crippen LogP contribution < -0.4 is 0 Å². The Kier molecular flexibility index (Phi) is 5.78. The normalized spacial score (nSPS) is 24.5.